The van der Waals surface area contributed by atoms with Crippen molar-refractivity contribution in [3.05, 3.63) is 48.0 Å². The smallest absolute Gasteiger partial charge is 0.243 e. The zero-order chi connectivity index (χ0) is 24.1. The summed E-state index contributed by atoms with van der Waals surface area (Å²) in [6, 6.07) is 8.36. The van der Waals surface area contributed by atoms with Crippen molar-refractivity contribution in [2.24, 2.45) is 29.6 Å². The predicted octanol–water partition coefficient (Wildman–Crippen LogP) is 2.11. The van der Waals surface area contributed by atoms with Crippen LogP contribution >= 0.6 is 0 Å². The summed E-state index contributed by atoms with van der Waals surface area (Å²) in [4.78, 5) is 41.9. The third-order valence-corrected chi connectivity index (χ3v) is 7.49. The number of aliphatic hydroxyl groups is 1. The number of rotatable bonds is 9. The van der Waals surface area contributed by atoms with Crippen LogP contribution in [0.2, 0.25) is 0 Å². The molecule has 7 nitrogen and oxygen atoms in total. The standard InChI is InChI=1S/C26H37N3O4/c1-5-16(3)20(15-30)29-23(25(32)28-14-17-10-8-7-9-11-17)19-13-12-18(6-2)21(24(31)27-4)22(19)26(29)33/h7-13,16,18-23,30H,5-6,14-15H2,1-4H3,(H,27,31)(H,28,32)/t16-,18+,19-,20-,21+,22+,23-/m0/s1. The summed E-state index contributed by atoms with van der Waals surface area (Å²) in [6.45, 7) is 6.11. The van der Waals surface area contributed by atoms with Crippen LogP contribution in [0, 0.1) is 29.6 Å². The van der Waals surface area contributed by atoms with E-state index in [-0.39, 0.29) is 36.2 Å². The van der Waals surface area contributed by atoms with Crippen LogP contribution < -0.4 is 10.6 Å². The Morgan fingerprint density at radius 3 is 2.39 bits per heavy atom. The predicted molar refractivity (Wildman–Crippen MR) is 127 cm³/mol. The average Bonchev–Trinajstić information content (AvgIpc) is 3.14. The lowest BCUT2D eigenvalue weighted by Gasteiger charge is -2.36. The molecule has 7 heteroatoms. The molecule has 1 saturated heterocycles. The summed E-state index contributed by atoms with van der Waals surface area (Å²) >= 11 is 0. The second-order valence-corrected chi connectivity index (χ2v) is 9.23. The van der Waals surface area contributed by atoms with E-state index >= 15 is 0 Å². The Bertz CT molecular complexity index is 872. The third-order valence-electron chi connectivity index (χ3n) is 7.49. The molecule has 7 atom stereocenters. The van der Waals surface area contributed by atoms with Crippen molar-refractivity contribution in [2.45, 2.75) is 52.2 Å². The maximum atomic E-state index is 13.9. The molecule has 0 saturated carbocycles. The number of benzene rings is 1. The number of nitrogens with zero attached hydrogens (tertiary/aromatic N) is 1. The number of amides is 3. The zero-order valence-corrected chi connectivity index (χ0v) is 20.0. The van der Waals surface area contributed by atoms with E-state index in [0.29, 0.717) is 6.54 Å². The highest BCUT2D eigenvalue weighted by Crippen LogP contribution is 2.46. The first-order chi connectivity index (χ1) is 15.9. The Kier molecular flexibility index (Phi) is 8.30. The van der Waals surface area contributed by atoms with E-state index in [1.165, 1.54) is 0 Å². The Morgan fingerprint density at radius 1 is 1.12 bits per heavy atom. The lowest BCUT2D eigenvalue weighted by atomic mass is 9.69. The maximum absolute atomic E-state index is 13.9. The number of nitrogens with one attached hydrogen (secondary N) is 2. The molecule has 1 aliphatic heterocycles. The molecule has 1 fully saturated rings. The number of aliphatic hydroxyl groups excluding tert-OH is 1. The van der Waals surface area contributed by atoms with Gasteiger partial charge in [-0.1, -0.05) is 69.7 Å². The molecule has 0 bridgehead atoms. The molecular weight excluding hydrogens is 418 g/mol. The summed E-state index contributed by atoms with van der Waals surface area (Å²) in [5.41, 5.74) is 0.965. The molecular formula is C26H37N3O4. The van der Waals surface area contributed by atoms with Crippen molar-refractivity contribution in [1.82, 2.24) is 15.5 Å². The van der Waals surface area contributed by atoms with Crippen molar-refractivity contribution in [3.63, 3.8) is 0 Å². The van der Waals surface area contributed by atoms with Crippen LogP contribution in [0.25, 0.3) is 0 Å². The van der Waals surface area contributed by atoms with Gasteiger partial charge < -0.3 is 20.6 Å². The van der Waals surface area contributed by atoms with E-state index in [1.54, 1.807) is 11.9 Å². The number of allylic oxidation sites excluding steroid dienone is 1. The van der Waals surface area contributed by atoms with Crippen LogP contribution in [0.5, 0.6) is 0 Å². The summed E-state index contributed by atoms with van der Waals surface area (Å²) in [5.74, 6) is -2.28. The largest absolute Gasteiger partial charge is 0.394 e. The van der Waals surface area contributed by atoms with Crippen LogP contribution in [-0.2, 0) is 20.9 Å². The Morgan fingerprint density at radius 2 is 1.82 bits per heavy atom. The first-order valence-electron chi connectivity index (χ1n) is 12.0. The molecule has 0 aromatic heterocycles. The fraction of sp³-hybridized carbons (Fsp3) is 0.577. The van der Waals surface area contributed by atoms with Crippen LogP contribution in [0.15, 0.2) is 42.5 Å². The highest BCUT2D eigenvalue weighted by molar-refractivity contribution is 5.97. The molecule has 3 rings (SSSR count). The topological polar surface area (TPSA) is 98.7 Å². The normalized spacial score (nSPS) is 28.2. The first kappa shape index (κ1) is 25.0. The number of fused-ring (bicyclic) bond motifs is 1. The zero-order valence-electron chi connectivity index (χ0n) is 20.0. The fourth-order valence-electron chi connectivity index (χ4n) is 5.42. The molecule has 3 N–H and O–H groups in total. The highest BCUT2D eigenvalue weighted by Gasteiger charge is 2.58. The van der Waals surface area contributed by atoms with Gasteiger partial charge in [-0.15, -0.1) is 0 Å². The lowest BCUT2D eigenvalue weighted by molar-refractivity contribution is -0.144. The van der Waals surface area contributed by atoms with Gasteiger partial charge in [0.25, 0.3) is 0 Å². The average molecular weight is 456 g/mol. The van der Waals surface area contributed by atoms with Crippen molar-refractivity contribution in [3.8, 4) is 0 Å². The molecule has 2 aliphatic rings. The van der Waals surface area contributed by atoms with Gasteiger partial charge in [0, 0.05) is 19.5 Å². The Labute approximate surface area is 196 Å². The number of likely N-dealkylation sites (tertiary alicyclic amines) is 1. The minimum absolute atomic E-state index is 0.00734. The second-order valence-electron chi connectivity index (χ2n) is 9.23. The summed E-state index contributed by atoms with van der Waals surface area (Å²) in [5, 5.41) is 16.0. The molecule has 1 aromatic carbocycles. The van der Waals surface area contributed by atoms with E-state index in [0.717, 1.165) is 18.4 Å². The van der Waals surface area contributed by atoms with Gasteiger partial charge in [0.05, 0.1) is 24.5 Å². The van der Waals surface area contributed by atoms with Gasteiger partial charge in [0.2, 0.25) is 17.7 Å². The lowest BCUT2D eigenvalue weighted by Crippen LogP contribution is -2.54. The Balaban J connectivity index is 1.99. The van der Waals surface area contributed by atoms with Crippen molar-refractivity contribution in [1.29, 1.82) is 0 Å². The van der Waals surface area contributed by atoms with Gasteiger partial charge in [-0.3, -0.25) is 14.4 Å². The second kappa shape index (κ2) is 11.0. The van der Waals surface area contributed by atoms with E-state index in [4.69, 9.17) is 0 Å². The number of hydrogen-bond donors (Lipinski definition) is 3. The monoisotopic (exact) mass is 455 g/mol. The maximum Gasteiger partial charge on any atom is 0.243 e. The summed E-state index contributed by atoms with van der Waals surface area (Å²) in [7, 11) is 1.58. The molecule has 3 amide bonds. The molecule has 180 valence electrons. The van der Waals surface area contributed by atoms with Crippen LogP contribution in [0.4, 0.5) is 0 Å². The van der Waals surface area contributed by atoms with Crippen molar-refractivity contribution >= 4 is 17.7 Å². The first-order valence-corrected chi connectivity index (χ1v) is 12.0. The molecule has 33 heavy (non-hydrogen) atoms. The highest BCUT2D eigenvalue weighted by atomic mass is 16.3. The van der Waals surface area contributed by atoms with Gasteiger partial charge in [0.15, 0.2) is 0 Å². The van der Waals surface area contributed by atoms with Crippen molar-refractivity contribution < 1.29 is 19.5 Å². The number of carbonyl (C=O) groups is 3. The summed E-state index contributed by atoms with van der Waals surface area (Å²) in [6.07, 6.45) is 5.43. The van der Waals surface area contributed by atoms with Crippen LogP contribution in [0.3, 0.4) is 0 Å². The van der Waals surface area contributed by atoms with Gasteiger partial charge in [-0.2, -0.15) is 0 Å². The molecule has 1 aliphatic carbocycles. The molecule has 0 spiro atoms. The van der Waals surface area contributed by atoms with Crippen LogP contribution in [-0.4, -0.2) is 53.5 Å². The van der Waals surface area contributed by atoms with Crippen LogP contribution in [0.1, 0.15) is 39.2 Å². The SMILES string of the molecule is CC[C@H](C)[C@H](CO)N1C(=O)[C@@H]2[C@H](C=C[C@@H](CC)[C@H]2C(=O)NC)[C@H]1C(=O)NCc1ccccc1. The van der Waals surface area contributed by atoms with E-state index < -0.39 is 29.8 Å². The van der Waals surface area contributed by atoms with Gasteiger partial charge in [-0.05, 0) is 23.8 Å². The van der Waals surface area contributed by atoms with E-state index in [9.17, 15) is 19.5 Å². The van der Waals surface area contributed by atoms with Gasteiger partial charge >= 0.3 is 0 Å². The third kappa shape index (κ3) is 4.83. The molecule has 0 radical (unpaired) electrons. The summed E-state index contributed by atoms with van der Waals surface area (Å²) < 4.78 is 0. The molecule has 0 unspecified atom stereocenters. The molecule has 1 aromatic rings. The molecule has 1 heterocycles. The Hall–Kier alpha value is -2.67. The number of hydrogen-bond acceptors (Lipinski definition) is 4. The van der Waals surface area contributed by atoms with Crippen molar-refractivity contribution in [2.75, 3.05) is 13.7 Å². The van der Waals surface area contributed by atoms with Gasteiger partial charge in [0.1, 0.15) is 6.04 Å². The fourth-order valence-corrected chi connectivity index (χ4v) is 5.42. The van der Waals surface area contributed by atoms with E-state index in [2.05, 4.69) is 10.6 Å². The minimum Gasteiger partial charge on any atom is -0.394 e. The number of carbonyl (C=O) groups excluding carboxylic acids is 3. The minimum atomic E-state index is -0.765. The van der Waals surface area contributed by atoms with Gasteiger partial charge in [-0.25, -0.2) is 0 Å². The quantitative estimate of drug-likeness (QED) is 0.497. The van der Waals surface area contributed by atoms with E-state index in [1.807, 2.05) is 63.3 Å².